The molecule has 0 heterocycles. The Balaban J connectivity index is 2.36. The van der Waals surface area contributed by atoms with Crippen LogP contribution in [0.3, 0.4) is 0 Å². The zero-order chi connectivity index (χ0) is 13.8. The maximum absolute atomic E-state index is 12.0. The van der Waals surface area contributed by atoms with Gasteiger partial charge in [0.1, 0.15) is 0 Å². The molecule has 0 aliphatic heterocycles. The van der Waals surface area contributed by atoms with E-state index in [0.29, 0.717) is 17.5 Å². The van der Waals surface area contributed by atoms with Gasteiger partial charge in [0.25, 0.3) is 0 Å². The lowest BCUT2D eigenvalue weighted by Crippen LogP contribution is -2.48. The Morgan fingerprint density at radius 3 is 2.39 bits per heavy atom. The third-order valence-corrected chi connectivity index (χ3v) is 4.18. The van der Waals surface area contributed by atoms with Gasteiger partial charge >= 0.3 is 0 Å². The summed E-state index contributed by atoms with van der Waals surface area (Å²) in [5.41, 5.74) is 0.434. The Kier molecular flexibility index (Phi) is 5.64. The molecular weight excluding hydrogens is 224 g/mol. The second kappa shape index (κ2) is 6.55. The van der Waals surface area contributed by atoms with Crippen molar-refractivity contribution in [1.29, 1.82) is 0 Å². The van der Waals surface area contributed by atoms with Gasteiger partial charge in [0.2, 0.25) is 5.91 Å². The molecular formula is C15H30N2O. The van der Waals surface area contributed by atoms with Crippen molar-refractivity contribution in [3.63, 3.8) is 0 Å². The molecule has 0 bridgehead atoms. The first kappa shape index (κ1) is 15.5. The molecule has 106 valence electrons. The monoisotopic (exact) mass is 254 g/mol. The van der Waals surface area contributed by atoms with Crippen molar-refractivity contribution in [2.45, 2.75) is 84.8 Å². The van der Waals surface area contributed by atoms with E-state index >= 15 is 0 Å². The summed E-state index contributed by atoms with van der Waals surface area (Å²) in [7, 11) is 0. The summed E-state index contributed by atoms with van der Waals surface area (Å²) in [6.07, 6.45) is 5.63. The van der Waals surface area contributed by atoms with E-state index in [9.17, 15) is 4.79 Å². The highest BCUT2D eigenvalue weighted by Crippen LogP contribution is 2.36. The van der Waals surface area contributed by atoms with E-state index < -0.39 is 0 Å². The molecule has 2 N–H and O–H groups in total. The normalized spacial score (nSPS) is 24.2. The molecule has 2 atom stereocenters. The third kappa shape index (κ3) is 4.60. The topological polar surface area (TPSA) is 41.1 Å². The fraction of sp³-hybridized carbons (Fsp3) is 0.933. The van der Waals surface area contributed by atoms with Gasteiger partial charge in [-0.2, -0.15) is 0 Å². The molecule has 0 aromatic rings. The predicted octanol–water partition coefficient (Wildman–Crippen LogP) is 2.85. The van der Waals surface area contributed by atoms with Crippen LogP contribution in [0.15, 0.2) is 0 Å². The average molecular weight is 254 g/mol. The fourth-order valence-corrected chi connectivity index (χ4v) is 2.83. The highest BCUT2D eigenvalue weighted by Gasteiger charge is 2.32. The van der Waals surface area contributed by atoms with Crippen LogP contribution in [0.4, 0.5) is 0 Å². The van der Waals surface area contributed by atoms with Crippen LogP contribution in [-0.4, -0.2) is 24.0 Å². The van der Waals surface area contributed by atoms with Crippen LogP contribution < -0.4 is 10.6 Å². The van der Waals surface area contributed by atoms with Crippen LogP contribution in [0.1, 0.15) is 66.7 Å². The molecule has 0 aromatic carbocycles. The third-order valence-electron chi connectivity index (χ3n) is 4.18. The molecule has 0 aromatic heterocycles. The van der Waals surface area contributed by atoms with E-state index in [1.807, 2.05) is 6.92 Å². The Morgan fingerprint density at radius 1 is 1.33 bits per heavy atom. The zero-order valence-corrected chi connectivity index (χ0v) is 12.7. The van der Waals surface area contributed by atoms with Crippen molar-refractivity contribution in [2.75, 3.05) is 0 Å². The maximum atomic E-state index is 12.0. The predicted molar refractivity (Wildman–Crippen MR) is 76.5 cm³/mol. The minimum atomic E-state index is -0.0792. The van der Waals surface area contributed by atoms with Crippen LogP contribution in [0.2, 0.25) is 0 Å². The lowest BCUT2D eigenvalue weighted by Gasteiger charge is -2.23. The summed E-state index contributed by atoms with van der Waals surface area (Å²) < 4.78 is 0. The van der Waals surface area contributed by atoms with Gasteiger partial charge in [0, 0.05) is 12.1 Å². The summed E-state index contributed by atoms with van der Waals surface area (Å²) in [6.45, 7) is 10.8. The lowest BCUT2D eigenvalue weighted by atomic mass is 9.92. The Labute approximate surface area is 112 Å². The van der Waals surface area contributed by atoms with Crippen LogP contribution in [0.5, 0.6) is 0 Å². The minimum Gasteiger partial charge on any atom is -0.352 e. The fourth-order valence-electron chi connectivity index (χ4n) is 2.83. The summed E-state index contributed by atoms with van der Waals surface area (Å²) in [5.74, 6) is 0.147. The molecule has 18 heavy (non-hydrogen) atoms. The van der Waals surface area contributed by atoms with E-state index in [0.717, 1.165) is 12.8 Å². The smallest absolute Gasteiger partial charge is 0.237 e. The molecule has 2 unspecified atom stereocenters. The van der Waals surface area contributed by atoms with Gasteiger partial charge in [-0.15, -0.1) is 0 Å². The van der Waals surface area contributed by atoms with E-state index in [2.05, 4.69) is 38.3 Å². The van der Waals surface area contributed by atoms with Crippen molar-refractivity contribution in [1.82, 2.24) is 10.6 Å². The van der Waals surface area contributed by atoms with Crippen molar-refractivity contribution < 1.29 is 4.79 Å². The highest BCUT2D eigenvalue weighted by atomic mass is 16.2. The second-order valence-corrected chi connectivity index (χ2v) is 6.51. The van der Waals surface area contributed by atoms with Gasteiger partial charge in [0.15, 0.2) is 0 Å². The number of hydrogen-bond donors (Lipinski definition) is 2. The number of amides is 1. The summed E-state index contributed by atoms with van der Waals surface area (Å²) >= 11 is 0. The van der Waals surface area contributed by atoms with Crippen molar-refractivity contribution in [3.8, 4) is 0 Å². The van der Waals surface area contributed by atoms with Crippen molar-refractivity contribution in [2.24, 2.45) is 5.41 Å². The molecule has 1 saturated carbocycles. The van der Waals surface area contributed by atoms with Crippen molar-refractivity contribution >= 4 is 5.91 Å². The number of carbonyl (C=O) groups excluding carboxylic acids is 1. The van der Waals surface area contributed by atoms with Gasteiger partial charge in [0.05, 0.1) is 6.04 Å². The van der Waals surface area contributed by atoms with E-state index in [1.54, 1.807) is 0 Å². The maximum Gasteiger partial charge on any atom is 0.237 e. The number of hydrogen-bond acceptors (Lipinski definition) is 2. The average Bonchev–Trinajstić information content (AvgIpc) is 2.65. The van der Waals surface area contributed by atoms with E-state index in [4.69, 9.17) is 0 Å². The Morgan fingerprint density at radius 2 is 1.94 bits per heavy atom. The molecule has 1 aliphatic rings. The molecule has 1 aliphatic carbocycles. The molecule has 0 spiro atoms. The van der Waals surface area contributed by atoms with Crippen LogP contribution in [0.25, 0.3) is 0 Å². The summed E-state index contributed by atoms with van der Waals surface area (Å²) in [4.78, 5) is 12.0. The quantitative estimate of drug-likeness (QED) is 0.765. The van der Waals surface area contributed by atoms with Crippen LogP contribution >= 0.6 is 0 Å². The van der Waals surface area contributed by atoms with Crippen LogP contribution in [-0.2, 0) is 4.79 Å². The van der Waals surface area contributed by atoms with Gasteiger partial charge < -0.3 is 10.6 Å². The van der Waals surface area contributed by atoms with Crippen LogP contribution in [0, 0.1) is 5.41 Å². The molecule has 0 radical (unpaired) electrons. The Hall–Kier alpha value is -0.570. The molecule has 3 heteroatoms. The summed E-state index contributed by atoms with van der Waals surface area (Å²) in [5, 5.41) is 6.59. The lowest BCUT2D eigenvalue weighted by molar-refractivity contribution is -0.123. The van der Waals surface area contributed by atoms with Gasteiger partial charge in [-0.05, 0) is 44.4 Å². The molecule has 1 rings (SSSR count). The van der Waals surface area contributed by atoms with E-state index in [1.165, 1.54) is 19.3 Å². The highest BCUT2D eigenvalue weighted by molar-refractivity contribution is 5.81. The van der Waals surface area contributed by atoms with Gasteiger partial charge in [-0.1, -0.05) is 27.7 Å². The largest absolute Gasteiger partial charge is 0.352 e. The molecule has 3 nitrogen and oxygen atoms in total. The molecule has 1 amide bonds. The number of rotatable bonds is 6. The second-order valence-electron chi connectivity index (χ2n) is 6.51. The van der Waals surface area contributed by atoms with Crippen molar-refractivity contribution in [3.05, 3.63) is 0 Å². The standard InChI is InChI=1S/C15H30N2O/c1-6-12(7-2)17-14(18)11(3)16-13-8-9-15(4,5)10-13/h11-13,16H,6-10H2,1-5H3,(H,17,18). The molecule has 0 saturated heterocycles. The van der Waals surface area contributed by atoms with Gasteiger partial charge in [-0.3, -0.25) is 4.79 Å². The van der Waals surface area contributed by atoms with Gasteiger partial charge in [-0.25, -0.2) is 0 Å². The Bertz CT molecular complexity index is 272. The van der Waals surface area contributed by atoms with E-state index in [-0.39, 0.29) is 11.9 Å². The SMILES string of the molecule is CCC(CC)NC(=O)C(C)NC1CCC(C)(C)C1. The first-order valence-electron chi connectivity index (χ1n) is 7.44. The molecule has 1 fully saturated rings. The first-order valence-corrected chi connectivity index (χ1v) is 7.44. The summed E-state index contributed by atoms with van der Waals surface area (Å²) in [6, 6.07) is 0.744. The first-order chi connectivity index (χ1) is 8.38. The minimum absolute atomic E-state index is 0.0792. The zero-order valence-electron chi connectivity index (χ0n) is 12.7. The number of carbonyl (C=O) groups is 1. The number of nitrogens with one attached hydrogen (secondary N) is 2.